The molecule has 0 aliphatic carbocycles. The van der Waals surface area contributed by atoms with E-state index in [-0.39, 0.29) is 6.42 Å². The third kappa shape index (κ3) is 2.32. The minimum atomic E-state index is -0.992. The molecule has 0 radical (unpaired) electrons. The summed E-state index contributed by atoms with van der Waals surface area (Å²) in [6.45, 7) is 4.71. The normalized spacial score (nSPS) is 12.8. The number of carbonyl (C=O) groups is 1. The molecule has 0 fully saturated rings. The van der Waals surface area contributed by atoms with Crippen molar-refractivity contribution in [2.75, 3.05) is 0 Å². The van der Waals surface area contributed by atoms with Crippen molar-refractivity contribution < 1.29 is 9.90 Å². The molecular formula is C9H15N3O2. The predicted molar refractivity (Wildman–Crippen MR) is 52.0 cm³/mol. The van der Waals surface area contributed by atoms with Crippen molar-refractivity contribution in [3.63, 3.8) is 0 Å². The molecule has 14 heavy (non-hydrogen) atoms. The van der Waals surface area contributed by atoms with Crippen LogP contribution in [0.3, 0.4) is 0 Å². The summed E-state index contributed by atoms with van der Waals surface area (Å²) in [5.41, 5.74) is 7.16. The molecule has 1 aromatic heterocycles. The highest BCUT2D eigenvalue weighted by Gasteiger charge is 2.14. The van der Waals surface area contributed by atoms with E-state index in [9.17, 15) is 4.79 Å². The van der Waals surface area contributed by atoms with E-state index in [2.05, 4.69) is 5.10 Å². The van der Waals surface area contributed by atoms with Crippen molar-refractivity contribution in [3.05, 3.63) is 17.5 Å². The van der Waals surface area contributed by atoms with E-state index >= 15 is 0 Å². The summed E-state index contributed by atoms with van der Waals surface area (Å²) in [6, 6.07) is 1.00. The lowest BCUT2D eigenvalue weighted by atomic mass is 10.2. The zero-order chi connectivity index (χ0) is 10.7. The van der Waals surface area contributed by atoms with E-state index in [4.69, 9.17) is 10.8 Å². The number of nitrogens with zero attached hydrogens (tertiary/aromatic N) is 2. The third-order valence-corrected chi connectivity index (χ3v) is 2.08. The fraction of sp³-hybridized carbons (Fsp3) is 0.556. The average Bonchev–Trinajstić information content (AvgIpc) is 2.45. The predicted octanol–water partition coefficient (Wildman–Crippen LogP) is 0.166. The first-order valence-electron chi connectivity index (χ1n) is 4.56. The third-order valence-electron chi connectivity index (χ3n) is 2.08. The van der Waals surface area contributed by atoms with Gasteiger partial charge in [0.15, 0.2) is 0 Å². The molecule has 0 bridgehead atoms. The van der Waals surface area contributed by atoms with Gasteiger partial charge in [-0.1, -0.05) is 0 Å². The summed E-state index contributed by atoms with van der Waals surface area (Å²) >= 11 is 0. The molecule has 0 aromatic carbocycles. The number of hydrogen-bond acceptors (Lipinski definition) is 3. The average molecular weight is 197 g/mol. The highest BCUT2D eigenvalue weighted by atomic mass is 16.4. The largest absolute Gasteiger partial charge is 0.480 e. The molecule has 0 aliphatic rings. The van der Waals surface area contributed by atoms with E-state index in [0.29, 0.717) is 0 Å². The van der Waals surface area contributed by atoms with Crippen LogP contribution >= 0.6 is 0 Å². The highest BCUT2D eigenvalue weighted by molar-refractivity contribution is 5.73. The lowest BCUT2D eigenvalue weighted by molar-refractivity contribution is -0.138. The first kappa shape index (κ1) is 10.7. The second-order valence-corrected chi connectivity index (χ2v) is 3.24. The molecule has 1 atom stereocenters. The number of aryl methyl sites for hydroxylation is 2. The Bertz CT molecular complexity index is 333. The van der Waals surface area contributed by atoms with E-state index < -0.39 is 12.0 Å². The monoisotopic (exact) mass is 197 g/mol. The van der Waals surface area contributed by atoms with Crippen LogP contribution in [0, 0.1) is 6.92 Å². The van der Waals surface area contributed by atoms with E-state index in [1.165, 1.54) is 0 Å². The minimum absolute atomic E-state index is 0.281. The van der Waals surface area contributed by atoms with Gasteiger partial charge in [0, 0.05) is 18.7 Å². The summed E-state index contributed by atoms with van der Waals surface area (Å²) in [6.07, 6.45) is 0.281. The number of nitrogens with two attached hydrogens (primary N) is 1. The Morgan fingerprint density at radius 2 is 2.43 bits per heavy atom. The van der Waals surface area contributed by atoms with Gasteiger partial charge >= 0.3 is 5.97 Å². The first-order chi connectivity index (χ1) is 6.54. The van der Waals surface area contributed by atoms with Gasteiger partial charge in [0.2, 0.25) is 0 Å². The smallest absolute Gasteiger partial charge is 0.320 e. The van der Waals surface area contributed by atoms with Crippen molar-refractivity contribution in [3.8, 4) is 0 Å². The van der Waals surface area contributed by atoms with Gasteiger partial charge in [-0.15, -0.1) is 0 Å². The van der Waals surface area contributed by atoms with Gasteiger partial charge in [-0.05, 0) is 19.9 Å². The molecule has 0 saturated heterocycles. The van der Waals surface area contributed by atoms with Crippen LogP contribution in [0.1, 0.15) is 18.3 Å². The Hall–Kier alpha value is -1.36. The molecule has 5 nitrogen and oxygen atoms in total. The number of carboxylic acid groups (broad SMARTS) is 1. The molecule has 1 unspecified atom stereocenters. The maximum absolute atomic E-state index is 10.5. The Morgan fingerprint density at radius 1 is 1.79 bits per heavy atom. The topological polar surface area (TPSA) is 81.1 Å². The number of rotatable bonds is 4. The number of carboxylic acids is 1. The zero-order valence-electron chi connectivity index (χ0n) is 8.40. The standard InChI is InChI=1S/C9H15N3O2/c1-3-12-6(2)4-7(11-12)5-8(10)9(13)14/h4,8H,3,5,10H2,1-2H3,(H,13,14). The van der Waals surface area contributed by atoms with Gasteiger partial charge < -0.3 is 10.8 Å². The van der Waals surface area contributed by atoms with Crippen molar-refractivity contribution in [2.45, 2.75) is 32.9 Å². The summed E-state index contributed by atoms with van der Waals surface area (Å²) in [4.78, 5) is 10.5. The molecule has 1 aromatic rings. The molecule has 5 heteroatoms. The van der Waals surface area contributed by atoms with Gasteiger partial charge in [0.05, 0.1) is 5.69 Å². The number of hydrogen-bond donors (Lipinski definition) is 2. The van der Waals surface area contributed by atoms with Crippen LogP contribution in [-0.4, -0.2) is 26.9 Å². The maximum atomic E-state index is 10.5. The molecule has 0 spiro atoms. The summed E-state index contributed by atoms with van der Waals surface area (Å²) < 4.78 is 1.82. The lowest BCUT2D eigenvalue weighted by Gasteiger charge is -2.02. The molecule has 1 heterocycles. The van der Waals surface area contributed by atoms with Crippen LogP contribution in [0.5, 0.6) is 0 Å². The molecule has 0 saturated carbocycles. The Morgan fingerprint density at radius 3 is 2.86 bits per heavy atom. The van der Waals surface area contributed by atoms with Crippen LogP contribution in [-0.2, 0) is 17.8 Å². The second-order valence-electron chi connectivity index (χ2n) is 3.24. The molecule has 3 N–H and O–H groups in total. The Balaban J connectivity index is 2.72. The van der Waals surface area contributed by atoms with Crippen LogP contribution in [0.2, 0.25) is 0 Å². The maximum Gasteiger partial charge on any atom is 0.320 e. The number of aliphatic carboxylic acids is 1. The fourth-order valence-electron chi connectivity index (χ4n) is 1.31. The van der Waals surface area contributed by atoms with Crippen molar-refractivity contribution in [1.82, 2.24) is 9.78 Å². The molecule has 78 valence electrons. The SMILES string of the molecule is CCn1nc(CC(N)C(=O)O)cc1C. The quantitative estimate of drug-likeness (QED) is 0.720. The summed E-state index contributed by atoms with van der Waals surface area (Å²) in [5, 5.41) is 12.8. The fourth-order valence-corrected chi connectivity index (χ4v) is 1.31. The van der Waals surface area contributed by atoms with Crippen LogP contribution in [0.25, 0.3) is 0 Å². The molecule has 0 amide bonds. The summed E-state index contributed by atoms with van der Waals surface area (Å²) in [7, 11) is 0. The minimum Gasteiger partial charge on any atom is -0.480 e. The van der Waals surface area contributed by atoms with Gasteiger partial charge in [0.25, 0.3) is 0 Å². The lowest BCUT2D eigenvalue weighted by Crippen LogP contribution is -2.32. The Kier molecular flexibility index (Phi) is 3.24. The van der Waals surface area contributed by atoms with Gasteiger partial charge in [0.1, 0.15) is 6.04 Å². The van der Waals surface area contributed by atoms with Crippen LogP contribution in [0.4, 0.5) is 0 Å². The molecule has 1 rings (SSSR count). The second kappa shape index (κ2) is 4.23. The van der Waals surface area contributed by atoms with Crippen LogP contribution < -0.4 is 5.73 Å². The number of aromatic nitrogens is 2. The zero-order valence-corrected chi connectivity index (χ0v) is 8.40. The first-order valence-corrected chi connectivity index (χ1v) is 4.56. The van der Waals surface area contributed by atoms with Crippen LogP contribution in [0.15, 0.2) is 6.07 Å². The van der Waals surface area contributed by atoms with Gasteiger partial charge in [-0.3, -0.25) is 9.48 Å². The summed E-state index contributed by atoms with van der Waals surface area (Å²) in [5.74, 6) is -0.992. The van der Waals surface area contributed by atoms with Gasteiger partial charge in [-0.25, -0.2) is 0 Å². The van der Waals surface area contributed by atoms with Gasteiger partial charge in [-0.2, -0.15) is 5.10 Å². The van der Waals surface area contributed by atoms with E-state index in [0.717, 1.165) is 17.9 Å². The molecule has 0 aliphatic heterocycles. The van der Waals surface area contributed by atoms with Crippen molar-refractivity contribution >= 4 is 5.97 Å². The van der Waals surface area contributed by atoms with E-state index in [1.54, 1.807) is 0 Å². The van der Waals surface area contributed by atoms with Crippen molar-refractivity contribution in [2.24, 2.45) is 5.73 Å². The molecular weight excluding hydrogens is 182 g/mol. The van der Waals surface area contributed by atoms with Crippen molar-refractivity contribution in [1.29, 1.82) is 0 Å². The Labute approximate surface area is 82.5 Å². The highest BCUT2D eigenvalue weighted by Crippen LogP contribution is 2.05. The van der Waals surface area contributed by atoms with E-state index in [1.807, 2.05) is 24.6 Å².